The van der Waals surface area contributed by atoms with Crippen molar-refractivity contribution in [3.63, 3.8) is 0 Å². The molecule has 0 heterocycles. The van der Waals surface area contributed by atoms with E-state index in [2.05, 4.69) is 5.32 Å². The Bertz CT molecular complexity index is 1080. The number of amides is 1. The van der Waals surface area contributed by atoms with Crippen LogP contribution < -0.4 is 5.32 Å². The molecule has 4 nitrogen and oxygen atoms in total. The van der Waals surface area contributed by atoms with Gasteiger partial charge in [0.05, 0.1) is 5.60 Å². The quantitative estimate of drug-likeness (QED) is 0.599. The van der Waals surface area contributed by atoms with Crippen LogP contribution in [0.3, 0.4) is 0 Å². The molecule has 174 valence electrons. The summed E-state index contributed by atoms with van der Waals surface area (Å²) in [5.41, 5.74) is 0.680. The third kappa shape index (κ3) is 3.99. The summed E-state index contributed by atoms with van der Waals surface area (Å²) >= 11 is 0. The Hall–Kier alpha value is -2.60. The Balaban J connectivity index is 1.37. The van der Waals surface area contributed by atoms with E-state index in [1.54, 1.807) is 24.3 Å². The highest BCUT2D eigenvalue weighted by Gasteiger charge is 2.55. The molecule has 4 fully saturated rings. The predicted octanol–water partition coefficient (Wildman–Crippen LogP) is 5.09. The maximum Gasteiger partial charge on any atom is 0.264 e. The smallest absolute Gasteiger partial charge is 0.264 e. The first-order valence-electron chi connectivity index (χ1n) is 11.9. The van der Waals surface area contributed by atoms with Crippen molar-refractivity contribution >= 4 is 11.7 Å². The van der Waals surface area contributed by atoms with Gasteiger partial charge in [0, 0.05) is 28.3 Å². The van der Waals surface area contributed by atoms with E-state index in [1.807, 2.05) is 6.92 Å². The number of alkyl halides is 2. The minimum Gasteiger partial charge on any atom is -0.390 e. The molecule has 2 unspecified atom stereocenters. The highest BCUT2D eigenvalue weighted by Crippen LogP contribution is 2.55. The predicted molar refractivity (Wildman–Crippen MR) is 120 cm³/mol. The van der Waals surface area contributed by atoms with Crippen LogP contribution in [-0.4, -0.2) is 28.4 Å². The van der Waals surface area contributed by atoms with Crippen LogP contribution >= 0.6 is 0 Å². The standard InChI is InChI=1S/C27H29F2NO3/c1-2-16-11-17(24(31)21-5-3-4-6-22(21)25(28)29)7-8-20(16)26(32)30-23-18-9-15-10-19(23)14-27(33,12-15)13-18/h3-8,11,15,18-19,23,25,33H,2,9-10,12-14H2,1H3,(H,30,32). The number of ketones is 1. The average Bonchev–Trinajstić information content (AvgIpc) is 2.79. The molecule has 6 heteroatoms. The maximum atomic E-state index is 13.4. The molecule has 4 saturated carbocycles. The molecule has 0 saturated heterocycles. The van der Waals surface area contributed by atoms with Gasteiger partial charge in [0.25, 0.3) is 12.3 Å². The number of aryl methyl sites for hydroxylation is 1. The molecule has 4 bridgehead atoms. The highest BCUT2D eigenvalue weighted by atomic mass is 19.3. The molecular formula is C27H29F2NO3. The molecule has 0 radical (unpaired) electrons. The fourth-order valence-electron chi connectivity index (χ4n) is 6.74. The molecule has 2 aromatic carbocycles. The van der Waals surface area contributed by atoms with Crippen molar-refractivity contribution in [2.45, 2.75) is 63.5 Å². The number of carbonyl (C=O) groups excluding carboxylic acids is 2. The third-order valence-corrected chi connectivity index (χ3v) is 7.97. The lowest BCUT2D eigenvalue weighted by atomic mass is 9.52. The summed E-state index contributed by atoms with van der Waals surface area (Å²) in [6.07, 6.45) is 2.32. The summed E-state index contributed by atoms with van der Waals surface area (Å²) in [5.74, 6) is 0.544. The Morgan fingerprint density at radius 3 is 2.39 bits per heavy atom. The molecule has 4 aliphatic carbocycles. The Labute approximate surface area is 192 Å². The van der Waals surface area contributed by atoms with Gasteiger partial charge in [-0.1, -0.05) is 37.3 Å². The van der Waals surface area contributed by atoms with Crippen molar-refractivity contribution < 1.29 is 23.5 Å². The molecule has 2 atom stereocenters. The van der Waals surface area contributed by atoms with Crippen molar-refractivity contribution in [1.82, 2.24) is 5.32 Å². The number of rotatable bonds is 6. The molecule has 6 rings (SSSR count). The second-order valence-electron chi connectivity index (χ2n) is 10.1. The Kier molecular flexibility index (Phi) is 5.60. The number of halogens is 2. The van der Waals surface area contributed by atoms with Gasteiger partial charge >= 0.3 is 0 Å². The van der Waals surface area contributed by atoms with Gasteiger partial charge in [0.1, 0.15) is 0 Å². The third-order valence-electron chi connectivity index (χ3n) is 7.97. The van der Waals surface area contributed by atoms with E-state index in [0.29, 0.717) is 35.3 Å². The van der Waals surface area contributed by atoms with E-state index in [-0.39, 0.29) is 23.1 Å². The van der Waals surface area contributed by atoms with E-state index in [0.717, 1.165) is 37.7 Å². The van der Waals surface area contributed by atoms with Crippen molar-refractivity contribution in [3.8, 4) is 0 Å². The highest BCUT2D eigenvalue weighted by molar-refractivity contribution is 6.10. The first kappa shape index (κ1) is 22.2. The van der Waals surface area contributed by atoms with Gasteiger partial charge in [-0.15, -0.1) is 0 Å². The molecule has 0 aliphatic heterocycles. The van der Waals surface area contributed by atoms with E-state index < -0.39 is 17.8 Å². The number of hydrogen-bond donors (Lipinski definition) is 2. The van der Waals surface area contributed by atoms with Crippen LogP contribution in [0.2, 0.25) is 0 Å². The SMILES string of the molecule is CCc1cc(C(=O)c2ccccc2C(F)F)ccc1C(=O)NC1C2CC3CC1CC(O)(C3)C2. The minimum atomic E-state index is -2.74. The van der Waals surface area contributed by atoms with Gasteiger partial charge in [-0.2, -0.15) is 0 Å². The van der Waals surface area contributed by atoms with Crippen LogP contribution in [0.15, 0.2) is 42.5 Å². The van der Waals surface area contributed by atoms with E-state index in [1.165, 1.54) is 18.2 Å². The van der Waals surface area contributed by atoms with Gasteiger partial charge < -0.3 is 10.4 Å². The summed E-state index contributed by atoms with van der Waals surface area (Å²) in [5, 5.41) is 14.0. The van der Waals surface area contributed by atoms with Crippen molar-refractivity contribution in [2.24, 2.45) is 17.8 Å². The maximum absolute atomic E-state index is 13.4. The molecule has 2 aromatic rings. The number of benzene rings is 2. The van der Waals surface area contributed by atoms with Gasteiger partial charge in [0.15, 0.2) is 5.78 Å². The molecule has 2 N–H and O–H groups in total. The van der Waals surface area contributed by atoms with Crippen LogP contribution in [0, 0.1) is 17.8 Å². The van der Waals surface area contributed by atoms with Crippen molar-refractivity contribution in [3.05, 3.63) is 70.3 Å². The zero-order chi connectivity index (χ0) is 23.3. The fourth-order valence-corrected chi connectivity index (χ4v) is 6.74. The van der Waals surface area contributed by atoms with E-state index in [4.69, 9.17) is 0 Å². The van der Waals surface area contributed by atoms with Crippen molar-refractivity contribution in [1.29, 1.82) is 0 Å². The summed E-state index contributed by atoms with van der Waals surface area (Å²) < 4.78 is 26.7. The molecule has 4 aliphatic rings. The number of nitrogens with one attached hydrogen (secondary N) is 1. The average molecular weight is 454 g/mol. The number of aliphatic hydroxyl groups is 1. The first-order chi connectivity index (χ1) is 15.8. The second kappa shape index (κ2) is 8.32. The zero-order valence-corrected chi connectivity index (χ0v) is 18.7. The van der Waals surface area contributed by atoms with Gasteiger partial charge in [-0.3, -0.25) is 9.59 Å². The molecule has 0 spiro atoms. The fraction of sp³-hybridized carbons (Fsp3) is 0.481. The lowest BCUT2D eigenvalue weighted by Gasteiger charge is -2.58. The van der Waals surface area contributed by atoms with E-state index >= 15 is 0 Å². The summed E-state index contributed by atoms with van der Waals surface area (Å²) in [6, 6.07) is 10.7. The molecular weight excluding hydrogens is 424 g/mol. The topological polar surface area (TPSA) is 66.4 Å². The van der Waals surface area contributed by atoms with Gasteiger partial charge in [-0.05, 0) is 74.0 Å². The summed E-state index contributed by atoms with van der Waals surface area (Å²) in [7, 11) is 0. The van der Waals surface area contributed by atoms with Crippen LogP contribution in [-0.2, 0) is 6.42 Å². The monoisotopic (exact) mass is 453 g/mol. The van der Waals surface area contributed by atoms with Crippen LogP contribution in [0.1, 0.15) is 82.9 Å². The number of carbonyl (C=O) groups is 2. The first-order valence-corrected chi connectivity index (χ1v) is 11.9. The second-order valence-corrected chi connectivity index (χ2v) is 10.1. The minimum absolute atomic E-state index is 0.0155. The molecule has 33 heavy (non-hydrogen) atoms. The Morgan fingerprint density at radius 2 is 1.76 bits per heavy atom. The largest absolute Gasteiger partial charge is 0.390 e. The normalized spacial score (nSPS) is 30.0. The summed E-state index contributed by atoms with van der Waals surface area (Å²) in [4.78, 5) is 26.2. The van der Waals surface area contributed by atoms with Crippen LogP contribution in [0.4, 0.5) is 8.78 Å². The molecule has 1 amide bonds. The van der Waals surface area contributed by atoms with Crippen molar-refractivity contribution in [2.75, 3.05) is 0 Å². The molecule has 0 aromatic heterocycles. The summed E-state index contributed by atoms with van der Waals surface area (Å²) in [6.45, 7) is 1.91. The Morgan fingerprint density at radius 1 is 1.06 bits per heavy atom. The zero-order valence-electron chi connectivity index (χ0n) is 18.7. The number of hydrogen-bond acceptors (Lipinski definition) is 3. The van der Waals surface area contributed by atoms with Gasteiger partial charge in [0.2, 0.25) is 0 Å². The lowest BCUT2D eigenvalue weighted by molar-refractivity contribution is -0.136. The lowest BCUT2D eigenvalue weighted by Crippen LogP contribution is -2.61. The van der Waals surface area contributed by atoms with Crippen LogP contribution in [0.25, 0.3) is 0 Å². The van der Waals surface area contributed by atoms with Crippen LogP contribution in [0.5, 0.6) is 0 Å². The van der Waals surface area contributed by atoms with E-state index in [9.17, 15) is 23.5 Å². The van der Waals surface area contributed by atoms with Gasteiger partial charge in [-0.25, -0.2) is 8.78 Å².